The maximum Gasteiger partial charge on any atom is 0.573 e. The van der Waals surface area contributed by atoms with Crippen LogP contribution in [0.25, 0.3) is 11.3 Å². The summed E-state index contributed by atoms with van der Waals surface area (Å²) >= 11 is 3.33. The second kappa shape index (κ2) is 6.09. The lowest BCUT2D eigenvalue weighted by Gasteiger charge is -2.12. The Hall–Kier alpha value is -1.50. The molecule has 21 heavy (non-hydrogen) atoms. The number of rotatable bonds is 4. The molecule has 0 aliphatic rings. The maximum atomic E-state index is 12.5. The van der Waals surface area contributed by atoms with Crippen molar-refractivity contribution in [1.29, 1.82) is 0 Å². The van der Waals surface area contributed by atoms with Crippen LogP contribution < -0.4 is 4.74 Å². The monoisotopic (exact) mass is 363 g/mol. The smallest absolute Gasteiger partial charge is 0.405 e. The molecule has 0 unspecified atom stereocenters. The second-order valence-corrected chi connectivity index (χ2v) is 5.27. The van der Waals surface area contributed by atoms with Crippen LogP contribution in [-0.2, 0) is 5.33 Å². The highest BCUT2D eigenvalue weighted by Crippen LogP contribution is 2.38. The number of alkyl halides is 4. The van der Waals surface area contributed by atoms with Crippen LogP contribution in [0.3, 0.4) is 0 Å². The molecule has 0 bridgehead atoms. The lowest BCUT2D eigenvalue weighted by molar-refractivity contribution is -0.274. The van der Waals surface area contributed by atoms with E-state index < -0.39 is 6.36 Å². The molecule has 0 atom stereocenters. The van der Waals surface area contributed by atoms with Gasteiger partial charge in [0.05, 0.1) is 0 Å². The van der Waals surface area contributed by atoms with E-state index in [0.717, 1.165) is 5.56 Å². The van der Waals surface area contributed by atoms with Crippen molar-refractivity contribution in [3.63, 3.8) is 0 Å². The molecule has 0 saturated heterocycles. The quantitative estimate of drug-likeness (QED) is 0.695. The first-order valence-electron chi connectivity index (χ1n) is 6.23. The van der Waals surface area contributed by atoms with Gasteiger partial charge in [0, 0.05) is 22.4 Å². The summed E-state index contributed by atoms with van der Waals surface area (Å²) in [6.45, 7) is 3.85. The molecule has 0 aliphatic carbocycles. The van der Waals surface area contributed by atoms with E-state index in [1.165, 1.54) is 18.2 Å². The average molecular weight is 364 g/mol. The lowest BCUT2D eigenvalue weighted by Crippen LogP contribution is -2.17. The molecule has 0 radical (unpaired) electrons. The number of para-hydroxylation sites is 1. The minimum absolute atomic E-state index is 0.0782. The Morgan fingerprint density at radius 2 is 1.95 bits per heavy atom. The van der Waals surface area contributed by atoms with E-state index in [1.807, 2.05) is 13.8 Å². The first-order valence-corrected chi connectivity index (χ1v) is 7.35. The molecule has 0 saturated carbocycles. The molecular formula is C14H13BrF3NO2. The summed E-state index contributed by atoms with van der Waals surface area (Å²) in [7, 11) is 0. The first kappa shape index (κ1) is 15.9. The minimum atomic E-state index is -4.75. The van der Waals surface area contributed by atoms with Gasteiger partial charge in [-0.05, 0) is 12.1 Å². The van der Waals surface area contributed by atoms with Gasteiger partial charge >= 0.3 is 6.36 Å². The average Bonchev–Trinajstić information content (AvgIpc) is 2.81. The molecule has 1 aromatic heterocycles. The van der Waals surface area contributed by atoms with Crippen molar-refractivity contribution in [1.82, 2.24) is 5.16 Å². The molecule has 114 valence electrons. The highest BCUT2D eigenvalue weighted by atomic mass is 79.9. The third-order valence-electron chi connectivity index (χ3n) is 2.84. The molecular weight excluding hydrogens is 351 g/mol. The van der Waals surface area contributed by atoms with Crippen LogP contribution in [-0.4, -0.2) is 11.5 Å². The molecule has 3 nitrogen and oxygen atoms in total. The Labute approximate surface area is 128 Å². The van der Waals surface area contributed by atoms with E-state index in [9.17, 15) is 13.2 Å². The van der Waals surface area contributed by atoms with Gasteiger partial charge in [-0.2, -0.15) is 0 Å². The van der Waals surface area contributed by atoms with Gasteiger partial charge < -0.3 is 9.26 Å². The van der Waals surface area contributed by atoms with Gasteiger partial charge in [0.25, 0.3) is 0 Å². The first-order chi connectivity index (χ1) is 9.83. The molecule has 0 N–H and O–H groups in total. The highest BCUT2D eigenvalue weighted by Gasteiger charge is 2.33. The molecule has 0 amide bonds. The van der Waals surface area contributed by atoms with Gasteiger partial charge in [0.2, 0.25) is 0 Å². The molecule has 0 spiro atoms. The van der Waals surface area contributed by atoms with E-state index in [4.69, 9.17) is 4.52 Å². The summed E-state index contributed by atoms with van der Waals surface area (Å²) in [4.78, 5) is 0. The number of hydrogen-bond donors (Lipinski definition) is 0. The van der Waals surface area contributed by atoms with Crippen LogP contribution in [0.15, 0.2) is 28.8 Å². The van der Waals surface area contributed by atoms with E-state index in [1.54, 1.807) is 6.07 Å². The fourth-order valence-corrected chi connectivity index (χ4v) is 2.53. The van der Waals surface area contributed by atoms with E-state index in [2.05, 4.69) is 25.8 Å². The number of hydrogen-bond acceptors (Lipinski definition) is 3. The van der Waals surface area contributed by atoms with Gasteiger partial charge in [-0.25, -0.2) is 0 Å². The van der Waals surface area contributed by atoms with Crippen LogP contribution in [0.1, 0.15) is 31.1 Å². The molecule has 0 fully saturated rings. The number of benzene rings is 1. The number of nitrogens with zero attached hydrogens (tertiary/aromatic N) is 1. The van der Waals surface area contributed by atoms with E-state index in [-0.39, 0.29) is 17.2 Å². The number of halogens is 4. The third-order valence-corrected chi connectivity index (χ3v) is 3.41. The van der Waals surface area contributed by atoms with Gasteiger partial charge in [0.15, 0.2) is 0 Å². The van der Waals surface area contributed by atoms with Crippen molar-refractivity contribution >= 4 is 15.9 Å². The largest absolute Gasteiger partial charge is 0.573 e. The maximum absolute atomic E-state index is 12.5. The second-order valence-electron chi connectivity index (χ2n) is 4.71. The zero-order valence-electron chi connectivity index (χ0n) is 11.4. The summed E-state index contributed by atoms with van der Waals surface area (Å²) in [6, 6.07) is 5.88. The Bertz CT molecular complexity index is 623. The van der Waals surface area contributed by atoms with Gasteiger partial charge in [-0.15, -0.1) is 13.2 Å². The van der Waals surface area contributed by atoms with Crippen molar-refractivity contribution in [2.24, 2.45) is 0 Å². The van der Waals surface area contributed by atoms with Crippen LogP contribution in [0.5, 0.6) is 5.75 Å². The molecule has 1 heterocycles. The predicted molar refractivity (Wildman–Crippen MR) is 75.3 cm³/mol. The molecule has 2 rings (SSSR count). The summed E-state index contributed by atoms with van der Waals surface area (Å²) in [5.74, 6) is 0.425. The van der Waals surface area contributed by atoms with Gasteiger partial charge in [-0.1, -0.05) is 47.1 Å². The Kier molecular flexibility index (Phi) is 4.61. The number of aromatic nitrogens is 1. The van der Waals surface area contributed by atoms with Crippen LogP contribution in [0.2, 0.25) is 0 Å². The number of ether oxygens (including phenoxy) is 1. The van der Waals surface area contributed by atoms with Crippen molar-refractivity contribution in [2.75, 3.05) is 0 Å². The Morgan fingerprint density at radius 1 is 1.29 bits per heavy atom. The summed E-state index contributed by atoms with van der Waals surface area (Å²) in [6.07, 6.45) is -4.75. The summed E-state index contributed by atoms with van der Waals surface area (Å²) in [5, 5.41) is 4.35. The van der Waals surface area contributed by atoms with E-state index >= 15 is 0 Å². The molecule has 0 aliphatic heterocycles. The topological polar surface area (TPSA) is 35.3 Å². The van der Waals surface area contributed by atoms with Crippen molar-refractivity contribution in [2.45, 2.75) is 31.5 Å². The van der Waals surface area contributed by atoms with Gasteiger partial charge in [0.1, 0.15) is 17.2 Å². The highest BCUT2D eigenvalue weighted by molar-refractivity contribution is 9.08. The van der Waals surface area contributed by atoms with Crippen LogP contribution in [0.4, 0.5) is 13.2 Å². The third kappa shape index (κ3) is 3.58. The Morgan fingerprint density at radius 3 is 2.52 bits per heavy atom. The van der Waals surface area contributed by atoms with Crippen molar-refractivity contribution in [3.8, 4) is 17.0 Å². The fraction of sp³-hybridized carbons (Fsp3) is 0.357. The predicted octanol–water partition coefficient (Wildman–Crippen LogP) is 5.26. The fourth-order valence-electron chi connectivity index (χ4n) is 1.99. The normalized spacial score (nSPS) is 12.0. The molecule has 2 aromatic rings. The van der Waals surface area contributed by atoms with E-state index in [0.29, 0.717) is 16.8 Å². The Balaban J connectivity index is 2.52. The molecule has 7 heteroatoms. The van der Waals surface area contributed by atoms with Gasteiger partial charge in [-0.3, -0.25) is 0 Å². The zero-order valence-corrected chi connectivity index (χ0v) is 13.0. The van der Waals surface area contributed by atoms with Crippen molar-refractivity contribution in [3.05, 3.63) is 35.6 Å². The van der Waals surface area contributed by atoms with Crippen LogP contribution >= 0.6 is 15.9 Å². The van der Waals surface area contributed by atoms with Crippen LogP contribution in [0, 0.1) is 0 Å². The SMILES string of the molecule is CC(C)c1onc(-c2ccccc2OC(F)(F)F)c1CBr. The summed E-state index contributed by atoms with van der Waals surface area (Å²) in [5.41, 5.74) is 1.33. The standard InChI is InChI=1S/C14H13BrF3NO2/c1-8(2)13-10(7-15)12(19-21-13)9-5-3-4-6-11(9)20-14(16,17)18/h3-6,8H,7H2,1-2H3. The van der Waals surface area contributed by atoms with Crippen molar-refractivity contribution < 1.29 is 22.4 Å². The minimum Gasteiger partial charge on any atom is -0.405 e. The lowest BCUT2D eigenvalue weighted by atomic mass is 10.0. The zero-order chi connectivity index (χ0) is 15.6. The molecule has 1 aromatic carbocycles. The summed E-state index contributed by atoms with van der Waals surface area (Å²) < 4.78 is 46.8.